The van der Waals surface area contributed by atoms with Crippen molar-refractivity contribution < 1.29 is 9.53 Å². The predicted molar refractivity (Wildman–Crippen MR) is 108 cm³/mol. The number of hydrogen-bond donors (Lipinski definition) is 0. The van der Waals surface area contributed by atoms with Crippen LogP contribution in [0, 0.1) is 0 Å². The molecule has 3 aliphatic heterocycles. The van der Waals surface area contributed by atoms with Gasteiger partial charge < -0.3 is 14.5 Å². The van der Waals surface area contributed by atoms with Gasteiger partial charge in [0.1, 0.15) is 0 Å². The molecule has 1 aromatic carbocycles. The summed E-state index contributed by atoms with van der Waals surface area (Å²) in [4.78, 5) is 19.9. The molecule has 3 aliphatic rings. The Hall–Kier alpha value is -1.59. The fourth-order valence-electron chi connectivity index (χ4n) is 4.92. The maximum Gasteiger partial charge on any atom is 0.253 e. The quantitative estimate of drug-likeness (QED) is 0.818. The molecule has 0 radical (unpaired) electrons. The van der Waals surface area contributed by atoms with E-state index in [1.807, 2.05) is 17.0 Å². The maximum atomic E-state index is 12.9. The third-order valence-electron chi connectivity index (χ3n) is 6.30. The lowest BCUT2D eigenvalue weighted by Crippen LogP contribution is -2.53. The van der Waals surface area contributed by atoms with E-state index in [0.29, 0.717) is 18.2 Å². The summed E-state index contributed by atoms with van der Waals surface area (Å²) in [6, 6.07) is 8.82. The van der Waals surface area contributed by atoms with Gasteiger partial charge in [-0.1, -0.05) is 0 Å². The lowest BCUT2D eigenvalue weighted by molar-refractivity contribution is -0.0856. The van der Waals surface area contributed by atoms with Crippen LogP contribution in [-0.4, -0.2) is 73.2 Å². The van der Waals surface area contributed by atoms with Gasteiger partial charge in [0.25, 0.3) is 5.91 Å². The number of carbonyl (C=O) groups is 1. The number of hydrogen-bond acceptors (Lipinski definition) is 4. The molecule has 5 nitrogen and oxygen atoms in total. The number of anilines is 1. The van der Waals surface area contributed by atoms with Crippen LogP contribution in [0.4, 0.5) is 5.69 Å². The van der Waals surface area contributed by atoms with Crippen molar-refractivity contribution in [2.24, 2.45) is 0 Å². The maximum absolute atomic E-state index is 12.9. The molecule has 27 heavy (non-hydrogen) atoms. The molecular formula is C22H33N3O2. The van der Waals surface area contributed by atoms with E-state index in [1.165, 1.54) is 18.5 Å². The van der Waals surface area contributed by atoms with Gasteiger partial charge in [0.15, 0.2) is 0 Å². The Kier molecular flexibility index (Phi) is 5.69. The minimum Gasteiger partial charge on any atom is -0.373 e. The van der Waals surface area contributed by atoms with Gasteiger partial charge in [-0.3, -0.25) is 9.69 Å². The van der Waals surface area contributed by atoms with Gasteiger partial charge >= 0.3 is 0 Å². The molecule has 0 aliphatic carbocycles. The molecule has 3 saturated heterocycles. The summed E-state index contributed by atoms with van der Waals surface area (Å²) in [5.74, 6) is 0.185. The SMILES string of the molecule is C[C@@H]1CN(C2CCN(C(=O)c3ccc(N4CCCC4)cc3)CC2)C[C@H](C)O1. The van der Waals surface area contributed by atoms with Crippen molar-refractivity contribution in [2.45, 2.75) is 57.8 Å². The highest BCUT2D eigenvalue weighted by Crippen LogP contribution is 2.24. The largest absolute Gasteiger partial charge is 0.373 e. The van der Waals surface area contributed by atoms with Crippen molar-refractivity contribution in [1.82, 2.24) is 9.80 Å². The first-order valence-corrected chi connectivity index (χ1v) is 10.6. The van der Waals surface area contributed by atoms with Crippen molar-refractivity contribution in [3.63, 3.8) is 0 Å². The molecule has 0 aromatic heterocycles. The Bertz CT molecular complexity index is 623. The second-order valence-corrected chi connectivity index (χ2v) is 8.48. The number of ether oxygens (including phenoxy) is 1. The van der Waals surface area contributed by atoms with Crippen molar-refractivity contribution in [2.75, 3.05) is 44.2 Å². The number of nitrogens with zero attached hydrogens (tertiary/aromatic N) is 3. The minimum atomic E-state index is 0.185. The van der Waals surface area contributed by atoms with Gasteiger partial charge in [0.05, 0.1) is 12.2 Å². The number of piperidine rings is 1. The number of amides is 1. The zero-order valence-corrected chi connectivity index (χ0v) is 16.8. The van der Waals surface area contributed by atoms with Crippen LogP contribution in [0.5, 0.6) is 0 Å². The van der Waals surface area contributed by atoms with E-state index in [2.05, 4.69) is 35.8 Å². The van der Waals surface area contributed by atoms with Crippen LogP contribution < -0.4 is 4.90 Å². The van der Waals surface area contributed by atoms with Crippen LogP contribution in [-0.2, 0) is 4.74 Å². The molecule has 0 bridgehead atoms. The van der Waals surface area contributed by atoms with Gasteiger partial charge in [-0.15, -0.1) is 0 Å². The first kappa shape index (κ1) is 18.8. The standard InChI is InChI=1S/C22H33N3O2/c1-17-15-25(16-18(2)27-17)21-9-13-24(14-10-21)22(26)19-5-7-20(8-6-19)23-11-3-4-12-23/h5-8,17-18,21H,3-4,9-16H2,1-2H3/t17-,18+. The molecule has 0 spiro atoms. The van der Waals surface area contributed by atoms with Crippen molar-refractivity contribution in [1.29, 1.82) is 0 Å². The van der Waals surface area contributed by atoms with Gasteiger partial charge in [0, 0.05) is 56.6 Å². The molecular weight excluding hydrogens is 338 g/mol. The van der Waals surface area contributed by atoms with Gasteiger partial charge in [0.2, 0.25) is 0 Å². The number of likely N-dealkylation sites (tertiary alicyclic amines) is 1. The van der Waals surface area contributed by atoms with E-state index in [-0.39, 0.29) is 5.91 Å². The molecule has 1 amide bonds. The zero-order valence-electron chi connectivity index (χ0n) is 16.8. The molecule has 4 rings (SSSR count). The van der Waals surface area contributed by atoms with E-state index in [0.717, 1.165) is 57.7 Å². The Morgan fingerprint density at radius 1 is 0.926 bits per heavy atom. The molecule has 0 N–H and O–H groups in total. The van der Waals surface area contributed by atoms with E-state index < -0.39 is 0 Å². The third-order valence-corrected chi connectivity index (χ3v) is 6.30. The van der Waals surface area contributed by atoms with E-state index >= 15 is 0 Å². The van der Waals surface area contributed by atoms with Crippen LogP contribution in [0.2, 0.25) is 0 Å². The molecule has 0 unspecified atom stereocenters. The fourth-order valence-corrected chi connectivity index (χ4v) is 4.92. The Morgan fingerprint density at radius 3 is 2.11 bits per heavy atom. The average Bonchev–Trinajstić information content (AvgIpc) is 3.22. The molecule has 3 fully saturated rings. The predicted octanol–water partition coefficient (Wildman–Crippen LogP) is 3.00. The van der Waals surface area contributed by atoms with Crippen molar-refractivity contribution in [3.05, 3.63) is 29.8 Å². The fraction of sp³-hybridized carbons (Fsp3) is 0.682. The van der Waals surface area contributed by atoms with Crippen LogP contribution in [0.1, 0.15) is 49.9 Å². The minimum absolute atomic E-state index is 0.185. The molecule has 148 valence electrons. The molecule has 2 atom stereocenters. The van der Waals surface area contributed by atoms with Crippen LogP contribution in [0.25, 0.3) is 0 Å². The Balaban J connectivity index is 1.31. The van der Waals surface area contributed by atoms with Crippen LogP contribution in [0.3, 0.4) is 0 Å². The highest BCUT2D eigenvalue weighted by molar-refractivity contribution is 5.94. The lowest BCUT2D eigenvalue weighted by Gasteiger charge is -2.43. The summed E-state index contributed by atoms with van der Waals surface area (Å²) in [7, 11) is 0. The molecule has 3 heterocycles. The second kappa shape index (κ2) is 8.19. The van der Waals surface area contributed by atoms with Gasteiger partial charge in [-0.25, -0.2) is 0 Å². The first-order valence-electron chi connectivity index (χ1n) is 10.6. The Labute approximate surface area is 163 Å². The van der Waals surface area contributed by atoms with Gasteiger partial charge in [-0.05, 0) is 63.8 Å². The highest BCUT2D eigenvalue weighted by atomic mass is 16.5. The van der Waals surface area contributed by atoms with Crippen LogP contribution >= 0.6 is 0 Å². The van der Waals surface area contributed by atoms with Crippen molar-refractivity contribution in [3.8, 4) is 0 Å². The topological polar surface area (TPSA) is 36.0 Å². The summed E-state index contributed by atoms with van der Waals surface area (Å²) >= 11 is 0. The summed E-state index contributed by atoms with van der Waals surface area (Å²) in [6.45, 7) is 10.3. The summed E-state index contributed by atoms with van der Waals surface area (Å²) < 4.78 is 5.86. The smallest absolute Gasteiger partial charge is 0.253 e. The molecule has 1 aromatic rings. The number of carbonyl (C=O) groups excluding carboxylic acids is 1. The van der Waals surface area contributed by atoms with Crippen LogP contribution in [0.15, 0.2) is 24.3 Å². The number of morpholine rings is 1. The average molecular weight is 372 g/mol. The van der Waals surface area contributed by atoms with E-state index in [9.17, 15) is 4.79 Å². The Morgan fingerprint density at radius 2 is 1.52 bits per heavy atom. The highest BCUT2D eigenvalue weighted by Gasteiger charge is 2.31. The van der Waals surface area contributed by atoms with E-state index in [1.54, 1.807) is 0 Å². The van der Waals surface area contributed by atoms with Crippen molar-refractivity contribution >= 4 is 11.6 Å². The molecule has 0 saturated carbocycles. The lowest BCUT2D eigenvalue weighted by atomic mass is 10.0. The summed E-state index contributed by atoms with van der Waals surface area (Å²) in [6.07, 6.45) is 5.30. The molecule has 5 heteroatoms. The van der Waals surface area contributed by atoms with Gasteiger partial charge in [-0.2, -0.15) is 0 Å². The third kappa shape index (κ3) is 4.30. The summed E-state index contributed by atoms with van der Waals surface area (Å²) in [5.41, 5.74) is 2.07. The normalized spacial score (nSPS) is 27.9. The first-order chi connectivity index (χ1) is 13.1. The summed E-state index contributed by atoms with van der Waals surface area (Å²) in [5, 5.41) is 0. The second-order valence-electron chi connectivity index (χ2n) is 8.48. The van der Waals surface area contributed by atoms with E-state index in [4.69, 9.17) is 4.74 Å². The zero-order chi connectivity index (χ0) is 18.8. The number of rotatable bonds is 3. The number of benzene rings is 1. The monoisotopic (exact) mass is 371 g/mol.